The predicted molar refractivity (Wildman–Crippen MR) is 74.8 cm³/mol. The lowest BCUT2D eigenvalue weighted by molar-refractivity contribution is 0.149. The van der Waals surface area contributed by atoms with Gasteiger partial charge in [0.25, 0.3) is 0 Å². The predicted octanol–water partition coefficient (Wildman–Crippen LogP) is 1.84. The SMILES string of the molecule is CCCc1noc(CN2CCCC(CNCC)C2)n1. The van der Waals surface area contributed by atoms with Gasteiger partial charge in [0.1, 0.15) is 0 Å². The molecule has 0 radical (unpaired) electrons. The molecule has 1 N–H and O–H groups in total. The van der Waals surface area contributed by atoms with Gasteiger partial charge < -0.3 is 9.84 Å². The van der Waals surface area contributed by atoms with Crippen molar-refractivity contribution in [1.82, 2.24) is 20.4 Å². The van der Waals surface area contributed by atoms with Crippen molar-refractivity contribution in [2.45, 2.75) is 46.1 Å². The Morgan fingerprint density at radius 3 is 3.11 bits per heavy atom. The van der Waals surface area contributed by atoms with Crippen LogP contribution in [0.4, 0.5) is 0 Å². The molecule has 5 nitrogen and oxygen atoms in total. The van der Waals surface area contributed by atoms with Crippen LogP contribution in [-0.4, -0.2) is 41.2 Å². The maximum atomic E-state index is 5.32. The summed E-state index contributed by atoms with van der Waals surface area (Å²) in [7, 11) is 0. The maximum absolute atomic E-state index is 5.32. The lowest BCUT2D eigenvalue weighted by Crippen LogP contribution is -2.39. The van der Waals surface area contributed by atoms with E-state index in [9.17, 15) is 0 Å². The van der Waals surface area contributed by atoms with Crippen molar-refractivity contribution in [3.05, 3.63) is 11.7 Å². The molecule has 2 heterocycles. The van der Waals surface area contributed by atoms with E-state index in [4.69, 9.17) is 4.52 Å². The fraction of sp³-hybridized carbons (Fsp3) is 0.857. The minimum atomic E-state index is 0.756. The third-order valence-electron chi connectivity index (χ3n) is 3.63. The molecule has 2 rings (SSSR count). The molecule has 0 amide bonds. The van der Waals surface area contributed by atoms with Crippen LogP contribution in [0.2, 0.25) is 0 Å². The van der Waals surface area contributed by atoms with Crippen LogP contribution >= 0.6 is 0 Å². The summed E-state index contributed by atoms with van der Waals surface area (Å²) < 4.78 is 5.32. The monoisotopic (exact) mass is 266 g/mol. The highest BCUT2D eigenvalue weighted by Crippen LogP contribution is 2.17. The van der Waals surface area contributed by atoms with E-state index in [1.807, 2.05) is 0 Å². The molecular formula is C14H26N4O. The molecule has 0 spiro atoms. The topological polar surface area (TPSA) is 54.2 Å². The molecule has 108 valence electrons. The summed E-state index contributed by atoms with van der Waals surface area (Å²) in [5.41, 5.74) is 0. The lowest BCUT2D eigenvalue weighted by atomic mass is 9.98. The van der Waals surface area contributed by atoms with E-state index in [1.54, 1.807) is 0 Å². The van der Waals surface area contributed by atoms with Crippen molar-refractivity contribution in [2.75, 3.05) is 26.2 Å². The molecule has 1 unspecified atom stereocenters. The Labute approximate surface area is 115 Å². The van der Waals surface area contributed by atoms with E-state index in [0.717, 1.165) is 63.2 Å². The molecule has 5 heteroatoms. The maximum Gasteiger partial charge on any atom is 0.240 e. The average molecular weight is 266 g/mol. The summed E-state index contributed by atoms with van der Waals surface area (Å²) in [4.78, 5) is 6.89. The Hall–Kier alpha value is -0.940. The number of rotatable bonds is 7. The summed E-state index contributed by atoms with van der Waals surface area (Å²) in [5.74, 6) is 2.37. The molecule has 19 heavy (non-hydrogen) atoms. The van der Waals surface area contributed by atoms with Gasteiger partial charge in [-0.2, -0.15) is 4.98 Å². The number of hydrogen-bond donors (Lipinski definition) is 1. The van der Waals surface area contributed by atoms with E-state index >= 15 is 0 Å². The zero-order valence-electron chi connectivity index (χ0n) is 12.2. The molecule has 1 aromatic rings. The van der Waals surface area contributed by atoms with Crippen LogP contribution in [0.5, 0.6) is 0 Å². The number of likely N-dealkylation sites (tertiary alicyclic amines) is 1. The smallest absolute Gasteiger partial charge is 0.240 e. The van der Waals surface area contributed by atoms with Crippen molar-refractivity contribution in [3.8, 4) is 0 Å². The third-order valence-corrected chi connectivity index (χ3v) is 3.63. The number of nitrogens with zero attached hydrogens (tertiary/aromatic N) is 3. The molecule has 1 saturated heterocycles. The van der Waals surface area contributed by atoms with Crippen molar-refractivity contribution < 1.29 is 4.52 Å². The van der Waals surface area contributed by atoms with Crippen LogP contribution in [0.3, 0.4) is 0 Å². The van der Waals surface area contributed by atoms with Gasteiger partial charge in [-0.15, -0.1) is 0 Å². The lowest BCUT2D eigenvalue weighted by Gasteiger charge is -2.31. The van der Waals surface area contributed by atoms with E-state index in [2.05, 4.69) is 34.2 Å². The number of nitrogens with one attached hydrogen (secondary N) is 1. The summed E-state index contributed by atoms with van der Waals surface area (Å²) in [5, 5.41) is 7.46. The quantitative estimate of drug-likeness (QED) is 0.816. The van der Waals surface area contributed by atoms with Crippen LogP contribution in [0, 0.1) is 5.92 Å². The molecule has 1 aliphatic rings. The highest BCUT2D eigenvalue weighted by Gasteiger charge is 2.21. The molecule has 1 aromatic heterocycles. The van der Waals surface area contributed by atoms with E-state index < -0.39 is 0 Å². The first-order valence-electron chi connectivity index (χ1n) is 7.56. The van der Waals surface area contributed by atoms with Gasteiger partial charge >= 0.3 is 0 Å². The first kappa shape index (κ1) is 14.5. The Bertz CT molecular complexity index is 366. The summed E-state index contributed by atoms with van der Waals surface area (Å²) in [6.45, 7) is 9.56. The van der Waals surface area contributed by atoms with Gasteiger partial charge in [0.2, 0.25) is 5.89 Å². The minimum Gasteiger partial charge on any atom is -0.338 e. The summed E-state index contributed by atoms with van der Waals surface area (Å²) >= 11 is 0. The number of aromatic nitrogens is 2. The van der Waals surface area contributed by atoms with Crippen LogP contribution in [0.15, 0.2) is 4.52 Å². The van der Waals surface area contributed by atoms with E-state index in [-0.39, 0.29) is 0 Å². The second-order valence-corrected chi connectivity index (χ2v) is 5.41. The molecule has 0 aliphatic carbocycles. The van der Waals surface area contributed by atoms with Crippen LogP contribution in [-0.2, 0) is 13.0 Å². The van der Waals surface area contributed by atoms with Gasteiger partial charge in [-0.05, 0) is 44.8 Å². The summed E-state index contributed by atoms with van der Waals surface area (Å²) in [6.07, 6.45) is 4.57. The number of hydrogen-bond acceptors (Lipinski definition) is 5. The Balaban J connectivity index is 1.80. The second kappa shape index (κ2) is 7.60. The van der Waals surface area contributed by atoms with E-state index in [0.29, 0.717) is 0 Å². The van der Waals surface area contributed by atoms with Gasteiger partial charge in [0.15, 0.2) is 5.82 Å². The Morgan fingerprint density at radius 2 is 2.32 bits per heavy atom. The average Bonchev–Trinajstić information content (AvgIpc) is 2.85. The van der Waals surface area contributed by atoms with Crippen LogP contribution < -0.4 is 5.32 Å². The molecule has 0 saturated carbocycles. The van der Waals surface area contributed by atoms with Gasteiger partial charge in [-0.25, -0.2) is 0 Å². The molecule has 1 fully saturated rings. The van der Waals surface area contributed by atoms with Crippen molar-refractivity contribution >= 4 is 0 Å². The standard InChI is InChI=1S/C14H26N4O/c1-3-6-13-16-14(19-17-13)11-18-8-5-7-12(10-18)9-15-4-2/h12,15H,3-11H2,1-2H3. The Kier molecular flexibility index (Phi) is 5.79. The van der Waals surface area contributed by atoms with Gasteiger partial charge in [-0.3, -0.25) is 4.90 Å². The van der Waals surface area contributed by atoms with Crippen LogP contribution in [0.1, 0.15) is 44.8 Å². The summed E-state index contributed by atoms with van der Waals surface area (Å²) in [6, 6.07) is 0. The highest BCUT2D eigenvalue weighted by molar-refractivity contribution is 4.87. The number of aryl methyl sites for hydroxylation is 1. The first-order valence-corrected chi connectivity index (χ1v) is 7.56. The fourth-order valence-electron chi connectivity index (χ4n) is 2.68. The molecule has 1 aliphatic heterocycles. The molecular weight excluding hydrogens is 240 g/mol. The van der Waals surface area contributed by atoms with Gasteiger partial charge in [-0.1, -0.05) is 19.0 Å². The molecule has 0 aromatic carbocycles. The Morgan fingerprint density at radius 1 is 1.42 bits per heavy atom. The fourth-order valence-corrected chi connectivity index (χ4v) is 2.68. The largest absolute Gasteiger partial charge is 0.338 e. The highest BCUT2D eigenvalue weighted by atomic mass is 16.5. The van der Waals surface area contributed by atoms with E-state index in [1.165, 1.54) is 12.8 Å². The second-order valence-electron chi connectivity index (χ2n) is 5.41. The third kappa shape index (κ3) is 4.58. The zero-order chi connectivity index (χ0) is 13.5. The van der Waals surface area contributed by atoms with Crippen LogP contribution in [0.25, 0.3) is 0 Å². The van der Waals surface area contributed by atoms with Gasteiger partial charge in [0, 0.05) is 13.0 Å². The van der Waals surface area contributed by atoms with Gasteiger partial charge in [0.05, 0.1) is 6.54 Å². The number of piperidine rings is 1. The zero-order valence-corrected chi connectivity index (χ0v) is 12.2. The normalized spacial score (nSPS) is 20.8. The first-order chi connectivity index (χ1) is 9.31. The minimum absolute atomic E-state index is 0.756. The molecule has 0 bridgehead atoms. The molecule has 1 atom stereocenters. The van der Waals surface area contributed by atoms with Crippen molar-refractivity contribution in [3.63, 3.8) is 0 Å². The van der Waals surface area contributed by atoms with Crippen molar-refractivity contribution in [1.29, 1.82) is 0 Å². The van der Waals surface area contributed by atoms with Crippen molar-refractivity contribution in [2.24, 2.45) is 5.92 Å².